The van der Waals surface area contributed by atoms with Gasteiger partial charge < -0.3 is 19.0 Å². The van der Waals surface area contributed by atoms with Gasteiger partial charge in [0.1, 0.15) is 5.75 Å². The molecule has 0 spiro atoms. The van der Waals surface area contributed by atoms with Gasteiger partial charge in [-0.1, -0.05) is 19.9 Å². The lowest BCUT2D eigenvalue weighted by atomic mass is 9.98. The first-order chi connectivity index (χ1) is 13.4. The van der Waals surface area contributed by atoms with Gasteiger partial charge in [-0.3, -0.25) is 9.59 Å². The van der Waals surface area contributed by atoms with Gasteiger partial charge in [0.05, 0.1) is 6.26 Å². The number of amides is 2. The average molecular weight is 384 g/mol. The van der Waals surface area contributed by atoms with E-state index in [-0.39, 0.29) is 11.8 Å². The maximum absolute atomic E-state index is 12.7. The minimum absolute atomic E-state index is 0.0595. The quantitative estimate of drug-likeness (QED) is 0.792. The van der Waals surface area contributed by atoms with Crippen molar-refractivity contribution in [3.8, 4) is 5.75 Å². The van der Waals surface area contributed by atoms with Crippen LogP contribution in [-0.4, -0.2) is 53.9 Å². The van der Waals surface area contributed by atoms with E-state index in [2.05, 4.69) is 26.8 Å². The van der Waals surface area contributed by atoms with Crippen LogP contribution in [0.3, 0.4) is 0 Å². The Morgan fingerprint density at radius 1 is 1.04 bits per heavy atom. The van der Waals surface area contributed by atoms with Gasteiger partial charge in [-0.15, -0.1) is 0 Å². The Hall–Kier alpha value is -2.76. The second-order valence-electron chi connectivity index (χ2n) is 7.53. The second kappa shape index (κ2) is 8.50. The number of ether oxygens (including phenoxy) is 1. The largest absolute Gasteiger partial charge is 0.481 e. The van der Waals surface area contributed by atoms with E-state index < -0.39 is 6.10 Å². The number of nitrogens with zero attached hydrogens (tertiary/aromatic N) is 2. The van der Waals surface area contributed by atoms with Crippen molar-refractivity contribution in [3.05, 3.63) is 53.5 Å². The van der Waals surface area contributed by atoms with Gasteiger partial charge in [-0.25, -0.2) is 0 Å². The first-order valence-corrected chi connectivity index (χ1v) is 9.75. The molecule has 1 fully saturated rings. The minimum atomic E-state index is -0.573. The summed E-state index contributed by atoms with van der Waals surface area (Å²) in [6, 6.07) is 9.32. The average Bonchev–Trinajstić information content (AvgIpc) is 3.21. The van der Waals surface area contributed by atoms with E-state index in [0.29, 0.717) is 43.6 Å². The maximum Gasteiger partial charge on any atom is 0.289 e. The third-order valence-electron chi connectivity index (χ3n) is 5.13. The van der Waals surface area contributed by atoms with Crippen LogP contribution in [0.25, 0.3) is 0 Å². The highest BCUT2D eigenvalue weighted by molar-refractivity contribution is 5.91. The van der Waals surface area contributed by atoms with Crippen LogP contribution in [0, 0.1) is 6.92 Å². The number of carbonyl (C=O) groups excluding carboxylic acids is 2. The van der Waals surface area contributed by atoms with Crippen LogP contribution in [0.5, 0.6) is 5.75 Å². The molecule has 2 heterocycles. The van der Waals surface area contributed by atoms with Crippen LogP contribution in [0.15, 0.2) is 41.0 Å². The van der Waals surface area contributed by atoms with Crippen LogP contribution in [0.1, 0.15) is 48.4 Å². The summed E-state index contributed by atoms with van der Waals surface area (Å²) in [5.41, 5.74) is 2.45. The number of hydrogen-bond acceptors (Lipinski definition) is 4. The second-order valence-corrected chi connectivity index (χ2v) is 7.53. The molecule has 2 aromatic rings. The summed E-state index contributed by atoms with van der Waals surface area (Å²) in [6.07, 6.45) is 0.915. The lowest BCUT2D eigenvalue weighted by Crippen LogP contribution is -2.53. The van der Waals surface area contributed by atoms with Crippen molar-refractivity contribution in [1.82, 2.24) is 9.80 Å². The van der Waals surface area contributed by atoms with Crippen molar-refractivity contribution in [2.24, 2.45) is 0 Å². The predicted octanol–water partition coefficient (Wildman–Crippen LogP) is 3.46. The highest BCUT2D eigenvalue weighted by Crippen LogP contribution is 2.24. The zero-order valence-electron chi connectivity index (χ0n) is 17.0. The van der Waals surface area contributed by atoms with Crippen molar-refractivity contribution in [2.45, 2.75) is 39.7 Å². The van der Waals surface area contributed by atoms with E-state index in [4.69, 9.17) is 9.15 Å². The number of benzene rings is 1. The topological polar surface area (TPSA) is 63.0 Å². The molecular formula is C22H28N2O4. The summed E-state index contributed by atoms with van der Waals surface area (Å²) >= 11 is 0. The molecule has 1 aliphatic heterocycles. The Bertz CT molecular complexity index is 821. The lowest BCUT2D eigenvalue weighted by Gasteiger charge is -2.35. The van der Waals surface area contributed by atoms with Crippen molar-refractivity contribution < 1.29 is 18.7 Å². The Kier molecular flexibility index (Phi) is 6.07. The molecule has 0 unspecified atom stereocenters. The van der Waals surface area contributed by atoms with E-state index in [1.54, 1.807) is 28.9 Å². The highest BCUT2D eigenvalue weighted by Gasteiger charge is 2.29. The van der Waals surface area contributed by atoms with Gasteiger partial charge in [0.2, 0.25) is 0 Å². The fourth-order valence-corrected chi connectivity index (χ4v) is 3.57. The molecule has 0 N–H and O–H groups in total. The van der Waals surface area contributed by atoms with Gasteiger partial charge in [0, 0.05) is 26.2 Å². The Morgan fingerprint density at radius 3 is 2.29 bits per heavy atom. The molecule has 2 amide bonds. The smallest absolute Gasteiger partial charge is 0.289 e. The summed E-state index contributed by atoms with van der Waals surface area (Å²) in [5.74, 6) is 1.29. The molecule has 0 aliphatic carbocycles. The molecule has 150 valence electrons. The molecule has 1 atom stereocenters. The Balaban J connectivity index is 1.54. The lowest BCUT2D eigenvalue weighted by molar-refractivity contribution is -0.139. The van der Waals surface area contributed by atoms with Gasteiger partial charge in [0.25, 0.3) is 11.8 Å². The Morgan fingerprint density at radius 2 is 1.71 bits per heavy atom. The molecule has 1 aliphatic rings. The summed E-state index contributed by atoms with van der Waals surface area (Å²) in [7, 11) is 0. The number of piperazine rings is 1. The predicted molar refractivity (Wildman–Crippen MR) is 107 cm³/mol. The maximum atomic E-state index is 12.7. The third-order valence-corrected chi connectivity index (χ3v) is 5.13. The normalized spacial score (nSPS) is 15.6. The fourth-order valence-electron chi connectivity index (χ4n) is 3.57. The monoisotopic (exact) mass is 384 g/mol. The van der Waals surface area contributed by atoms with E-state index in [1.807, 2.05) is 12.1 Å². The number of rotatable bonds is 5. The zero-order valence-corrected chi connectivity index (χ0v) is 17.0. The minimum Gasteiger partial charge on any atom is -0.481 e. The molecule has 1 aromatic heterocycles. The van der Waals surface area contributed by atoms with Crippen LogP contribution >= 0.6 is 0 Å². The number of aryl methyl sites for hydroxylation is 1. The zero-order chi connectivity index (χ0) is 20.3. The number of carbonyl (C=O) groups is 2. The van der Waals surface area contributed by atoms with Crippen molar-refractivity contribution in [1.29, 1.82) is 0 Å². The fraction of sp³-hybridized carbons (Fsp3) is 0.455. The first kappa shape index (κ1) is 20.0. The van der Waals surface area contributed by atoms with E-state index in [9.17, 15) is 9.59 Å². The van der Waals surface area contributed by atoms with Crippen molar-refractivity contribution in [3.63, 3.8) is 0 Å². The molecule has 0 saturated carbocycles. The molecule has 1 saturated heterocycles. The molecule has 3 rings (SSSR count). The summed E-state index contributed by atoms with van der Waals surface area (Å²) in [4.78, 5) is 28.5. The van der Waals surface area contributed by atoms with Crippen LogP contribution in [0.4, 0.5) is 0 Å². The number of furan rings is 1. The molecule has 6 nitrogen and oxygen atoms in total. The molecule has 0 bridgehead atoms. The molecule has 28 heavy (non-hydrogen) atoms. The summed E-state index contributed by atoms with van der Waals surface area (Å²) in [6.45, 7) is 10.1. The number of hydrogen-bond donors (Lipinski definition) is 0. The summed E-state index contributed by atoms with van der Waals surface area (Å²) in [5, 5.41) is 0. The van der Waals surface area contributed by atoms with Gasteiger partial charge in [-0.05, 0) is 55.2 Å². The van der Waals surface area contributed by atoms with Crippen molar-refractivity contribution >= 4 is 11.8 Å². The van der Waals surface area contributed by atoms with E-state index >= 15 is 0 Å². The molecule has 6 heteroatoms. The van der Waals surface area contributed by atoms with E-state index in [1.165, 1.54) is 11.8 Å². The van der Waals surface area contributed by atoms with E-state index in [0.717, 1.165) is 5.56 Å². The first-order valence-electron chi connectivity index (χ1n) is 9.75. The SMILES string of the molecule is Cc1cc(O[C@H](C)C(=O)N2CCN(C(=O)c3ccco3)CC2)ccc1C(C)C. The Labute approximate surface area is 166 Å². The third kappa shape index (κ3) is 4.38. The highest BCUT2D eigenvalue weighted by atomic mass is 16.5. The standard InChI is InChI=1S/C22H28N2O4/c1-15(2)19-8-7-18(14-16(19)3)28-17(4)21(25)23-9-11-24(12-10-23)22(26)20-6-5-13-27-20/h5-8,13-15,17H,9-12H2,1-4H3/t17-/m1/s1. The van der Waals surface area contributed by atoms with Gasteiger partial charge >= 0.3 is 0 Å². The van der Waals surface area contributed by atoms with Crippen molar-refractivity contribution in [2.75, 3.05) is 26.2 Å². The molecular weight excluding hydrogens is 356 g/mol. The molecule has 1 aromatic carbocycles. The molecule has 0 radical (unpaired) electrons. The van der Waals surface area contributed by atoms with Crippen LogP contribution in [-0.2, 0) is 4.79 Å². The van der Waals surface area contributed by atoms with Crippen LogP contribution in [0.2, 0.25) is 0 Å². The van der Waals surface area contributed by atoms with Gasteiger partial charge in [-0.2, -0.15) is 0 Å². The summed E-state index contributed by atoms with van der Waals surface area (Å²) < 4.78 is 11.1. The van der Waals surface area contributed by atoms with Gasteiger partial charge in [0.15, 0.2) is 11.9 Å². The van der Waals surface area contributed by atoms with Crippen LogP contribution < -0.4 is 4.74 Å².